The quantitative estimate of drug-likeness (QED) is 0.166. The Bertz CT molecular complexity index is 4730. The van der Waals surface area contributed by atoms with E-state index < -0.39 is 0 Å². The van der Waals surface area contributed by atoms with Crippen molar-refractivity contribution in [3.05, 3.63) is 218 Å². The third-order valence-electron chi connectivity index (χ3n) is 15.6. The zero-order valence-corrected chi connectivity index (χ0v) is 39.1. The number of thiophene rings is 2. The van der Waals surface area contributed by atoms with Crippen molar-refractivity contribution in [2.45, 2.75) is 0 Å². The third-order valence-corrected chi connectivity index (χ3v) is 18.0. The van der Waals surface area contributed by atoms with Crippen molar-refractivity contribution in [3.63, 3.8) is 0 Å². The summed E-state index contributed by atoms with van der Waals surface area (Å²) in [4.78, 5) is 0. The van der Waals surface area contributed by atoms with Crippen molar-refractivity contribution in [1.82, 2.24) is 8.80 Å². The van der Waals surface area contributed by atoms with Gasteiger partial charge in [0.25, 0.3) is 0 Å². The Labute approximate surface area is 408 Å². The topological polar surface area (TPSA) is 8.82 Å². The molecule has 0 unspecified atom stereocenters. The van der Waals surface area contributed by atoms with Crippen LogP contribution in [0.15, 0.2) is 218 Å². The molecule has 0 saturated heterocycles. The Morgan fingerprint density at radius 2 is 0.614 bits per heavy atom. The lowest BCUT2D eigenvalue weighted by molar-refractivity contribution is 1.36. The zero-order chi connectivity index (χ0) is 45.3. The lowest BCUT2D eigenvalue weighted by atomic mass is 9.94. The van der Waals surface area contributed by atoms with Crippen LogP contribution in [0.1, 0.15) is 0 Å². The third kappa shape index (κ3) is 4.81. The van der Waals surface area contributed by atoms with E-state index in [9.17, 15) is 0 Å². The second-order valence-electron chi connectivity index (χ2n) is 19.1. The monoisotopic (exact) mass is 920 g/mol. The van der Waals surface area contributed by atoms with E-state index in [2.05, 4.69) is 227 Å². The van der Waals surface area contributed by atoms with Crippen LogP contribution in [-0.4, -0.2) is 8.80 Å². The predicted molar refractivity (Wildman–Crippen MR) is 303 cm³/mol. The normalized spacial score (nSPS) is 12.6. The Kier molecular flexibility index (Phi) is 7.26. The summed E-state index contributed by atoms with van der Waals surface area (Å²) in [6, 6.07) is 81.9. The van der Waals surface area contributed by atoms with Crippen LogP contribution in [0.2, 0.25) is 0 Å². The van der Waals surface area contributed by atoms with Crippen LogP contribution in [0.25, 0.3) is 161 Å². The van der Waals surface area contributed by atoms with E-state index in [0.717, 1.165) is 0 Å². The van der Waals surface area contributed by atoms with Gasteiger partial charge in [0.2, 0.25) is 0 Å². The molecular weight excluding hydrogens is 885 g/mol. The SMILES string of the molecule is c1ccc(-c2ccccc2-c2ccc3c4c5sc6ccccc6c5cc5c6cc7c(cc6n(c3c2)c54)c2cc3c4ccccc4sc3c3c4ccc(-c5ccccc5-c5ccccc5)cc4n7c23)cc1. The lowest BCUT2D eigenvalue weighted by Crippen LogP contribution is -1.87. The van der Waals surface area contributed by atoms with E-state index in [-0.39, 0.29) is 0 Å². The molecule has 0 spiro atoms. The van der Waals surface area contributed by atoms with Crippen LogP contribution >= 0.6 is 22.7 Å². The average Bonchev–Trinajstić information content (AvgIpc) is 4.27. The maximum absolute atomic E-state index is 2.62. The molecule has 0 bridgehead atoms. The minimum atomic E-state index is 1.22. The maximum Gasteiger partial charge on any atom is 0.0635 e. The molecule has 70 heavy (non-hydrogen) atoms. The predicted octanol–water partition coefficient (Wildman–Crippen LogP) is 19.4. The number of hydrogen-bond donors (Lipinski definition) is 0. The zero-order valence-electron chi connectivity index (χ0n) is 37.5. The molecule has 2 nitrogen and oxygen atoms in total. The van der Waals surface area contributed by atoms with Crippen LogP contribution in [0.3, 0.4) is 0 Å². The van der Waals surface area contributed by atoms with Crippen molar-refractivity contribution in [1.29, 1.82) is 0 Å². The Morgan fingerprint density at radius 1 is 0.243 bits per heavy atom. The van der Waals surface area contributed by atoms with E-state index in [1.807, 2.05) is 22.7 Å². The van der Waals surface area contributed by atoms with Gasteiger partial charge in [-0.3, -0.25) is 0 Å². The molecule has 0 atom stereocenters. The molecule has 0 amide bonds. The second-order valence-corrected chi connectivity index (χ2v) is 21.2. The van der Waals surface area contributed by atoms with Gasteiger partial charge in [0, 0.05) is 83.4 Å². The van der Waals surface area contributed by atoms with E-state index in [0.29, 0.717) is 0 Å². The van der Waals surface area contributed by atoms with Crippen LogP contribution in [-0.2, 0) is 0 Å². The van der Waals surface area contributed by atoms with Gasteiger partial charge in [0.1, 0.15) is 0 Å². The largest absolute Gasteiger partial charge is 0.308 e. The minimum Gasteiger partial charge on any atom is -0.308 e. The van der Waals surface area contributed by atoms with E-state index in [1.54, 1.807) is 0 Å². The number of benzene rings is 11. The van der Waals surface area contributed by atoms with Gasteiger partial charge in [0.15, 0.2) is 0 Å². The first-order valence-electron chi connectivity index (χ1n) is 24.1. The van der Waals surface area contributed by atoms with Crippen LogP contribution in [0.5, 0.6) is 0 Å². The summed E-state index contributed by atoms with van der Waals surface area (Å²) < 4.78 is 10.6. The molecule has 17 rings (SSSR count). The molecule has 11 aromatic carbocycles. The van der Waals surface area contributed by atoms with Crippen molar-refractivity contribution in [2.24, 2.45) is 0 Å². The molecule has 6 aromatic heterocycles. The second kappa shape index (κ2) is 13.6. The van der Waals surface area contributed by atoms with Crippen molar-refractivity contribution in [3.8, 4) is 44.5 Å². The molecular formula is C66H36N2S2. The Morgan fingerprint density at radius 3 is 1.06 bits per heavy atom. The van der Waals surface area contributed by atoms with Gasteiger partial charge in [0.05, 0.1) is 33.1 Å². The van der Waals surface area contributed by atoms with Crippen LogP contribution in [0.4, 0.5) is 0 Å². The number of hydrogen-bond acceptors (Lipinski definition) is 2. The molecule has 0 radical (unpaired) electrons. The highest BCUT2D eigenvalue weighted by molar-refractivity contribution is 7.27. The lowest BCUT2D eigenvalue weighted by Gasteiger charge is -2.11. The highest BCUT2D eigenvalue weighted by atomic mass is 32.1. The summed E-state index contributed by atoms with van der Waals surface area (Å²) in [6.45, 7) is 0. The molecule has 0 N–H and O–H groups in total. The molecule has 0 aliphatic carbocycles. The van der Waals surface area contributed by atoms with Crippen LogP contribution in [0, 0.1) is 0 Å². The maximum atomic E-state index is 2.62. The highest BCUT2D eigenvalue weighted by Crippen LogP contribution is 2.52. The fourth-order valence-corrected chi connectivity index (χ4v) is 15.1. The number of nitrogens with zero attached hydrogens (tertiary/aromatic N) is 2. The van der Waals surface area contributed by atoms with Gasteiger partial charge >= 0.3 is 0 Å². The molecule has 322 valence electrons. The number of rotatable bonds is 4. The molecule has 17 aromatic rings. The number of fused-ring (bicyclic) bond motifs is 20. The van der Waals surface area contributed by atoms with Gasteiger partial charge in [-0.15, -0.1) is 22.7 Å². The van der Waals surface area contributed by atoms with E-state index >= 15 is 0 Å². The summed E-state index contributed by atoms with van der Waals surface area (Å²) in [7, 11) is 0. The van der Waals surface area contributed by atoms with Gasteiger partial charge in [-0.1, -0.05) is 170 Å². The van der Waals surface area contributed by atoms with E-state index in [1.165, 1.54) is 161 Å². The average molecular weight is 921 g/mol. The Balaban J connectivity index is 1.03. The van der Waals surface area contributed by atoms with Crippen molar-refractivity contribution < 1.29 is 0 Å². The fraction of sp³-hybridized carbons (Fsp3) is 0. The van der Waals surface area contributed by atoms with E-state index in [4.69, 9.17) is 0 Å². The van der Waals surface area contributed by atoms with Crippen molar-refractivity contribution in [2.75, 3.05) is 0 Å². The summed E-state index contributed by atoms with van der Waals surface area (Å²) in [6.07, 6.45) is 0. The van der Waals surface area contributed by atoms with Gasteiger partial charge in [-0.05, 0) is 93.0 Å². The first kappa shape index (κ1) is 37.4. The Hall–Kier alpha value is -8.54. The smallest absolute Gasteiger partial charge is 0.0635 e. The molecule has 0 saturated carbocycles. The number of aromatic nitrogens is 2. The van der Waals surface area contributed by atoms with Crippen LogP contribution < -0.4 is 0 Å². The summed E-state index contributed by atoms with van der Waals surface area (Å²) in [5, 5.41) is 15.8. The minimum absolute atomic E-state index is 1.22. The standard InChI is InChI=1S/C66H36N2S2/c1-3-15-37(16-4-1)41-19-7-9-21-43(41)39-27-29-47-55(31-39)67-57-35-50-52-34-54-46-24-12-14-26-60(46)70-66(54)62-48-30-28-40(44-22-10-8-20-42(44)38-17-5-2-6-18-38)32-56(48)68(64(52)62)58(50)36-49(57)51-33-53-45-23-11-13-25-59(45)69-65(53)61(47)63(51)67/h1-36H. The molecule has 0 aliphatic rings. The van der Waals surface area contributed by atoms with Gasteiger partial charge in [-0.25, -0.2) is 0 Å². The summed E-state index contributed by atoms with van der Waals surface area (Å²) >= 11 is 3.86. The molecule has 4 heteroatoms. The fourth-order valence-electron chi connectivity index (χ4n) is 12.6. The first-order valence-corrected chi connectivity index (χ1v) is 25.7. The summed E-state index contributed by atoms with van der Waals surface area (Å²) in [5.41, 5.74) is 17.5. The van der Waals surface area contributed by atoms with Gasteiger partial charge in [-0.2, -0.15) is 0 Å². The van der Waals surface area contributed by atoms with Gasteiger partial charge < -0.3 is 8.80 Å². The first-order chi connectivity index (χ1) is 34.7. The summed E-state index contributed by atoms with van der Waals surface area (Å²) in [5.74, 6) is 0. The highest BCUT2D eigenvalue weighted by Gasteiger charge is 2.27. The molecule has 6 heterocycles. The van der Waals surface area contributed by atoms with Crippen molar-refractivity contribution >= 4 is 139 Å². The molecule has 0 fully saturated rings. The molecule has 0 aliphatic heterocycles.